The second kappa shape index (κ2) is 6.47. The zero-order valence-corrected chi connectivity index (χ0v) is 13.1. The van der Waals surface area contributed by atoms with Gasteiger partial charge in [0, 0.05) is 24.7 Å². The number of morpholine rings is 1. The summed E-state index contributed by atoms with van der Waals surface area (Å²) in [5.41, 5.74) is 7.93. The summed E-state index contributed by atoms with van der Waals surface area (Å²) in [5.74, 6) is 0.710. The van der Waals surface area contributed by atoms with Crippen LogP contribution in [0.15, 0.2) is 30.3 Å². The van der Waals surface area contributed by atoms with Gasteiger partial charge in [0.1, 0.15) is 0 Å². The van der Waals surface area contributed by atoms with Gasteiger partial charge in [0.05, 0.1) is 13.2 Å². The van der Waals surface area contributed by atoms with Crippen molar-refractivity contribution in [2.75, 3.05) is 26.3 Å². The van der Waals surface area contributed by atoms with Crippen LogP contribution in [0, 0.1) is 0 Å². The number of nitrogens with zero attached hydrogens (tertiary/aromatic N) is 1. The van der Waals surface area contributed by atoms with E-state index in [1.165, 1.54) is 31.2 Å². The molecule has 1 saturated carbocycles. The molecule has 116 valence electrons. The molecule has 3 heteroatoms. The molecule has 2 aliphatic rings. The van der Waals surface area contributed by atoms with Crippen LogP contribution in [0.3, 0.4) is 0 Å². The van der Waals surface area contributed by atoms with E-state index in [9.17, 15) is 0 Å². The van der Waals surface area contributed by atoms with Crippen LogP contribution in [-0.4, -0.2) is 42.8 Å². The summed E-state index contributed by atoms with van der Waals surface area (Å²) >= 11 is 0. The lowest BCUT2D eigenvalue weighted by Crippen LogP contribution is -2.62. The molecule has 21 heavy (non-hydrogen) atoms. The predicted molar refractivity (Wildman–Crippen MR) is 86.4 cm³/mol. The van der Waals surface area contributed by atoms with Gasteiger partial charge in [-0.05, 0) is 44.1 Å². The normalized spacial score (nSPS) is 34.8. The van der Waals surface area contributed by atoms with E-state index in [0.717, 1.165) is 26.3 Å². The summed E-state index contributed by atoms with van der Waals surface area (Å²) in [6, 6.07) is 11.5. The van der Waals surface area contributed by atoms with Gasteiger partial charge in [-0.1, -0.05) is 30.3 Å². The maximum atomic E-state index is 6.23. The Morgan fingerprint density at radius 1 is 1.24 bits per heavy atom. The molecule has 1 aliphatic carbocycles. The molecule has 1 heterocycles. The summed E-state index contributed by atoms with van der Waals surface area (Å²) in [4.78, 5) is 2.64. The Morgan fingerprint density at radius 2 is 1.95 bits per heavy atom. The Kier molecular flexibility index (Phi) is 4.63. The Bertz CT molecular complexity index is 440. The van der Waals surface area contributed by atoms with E-state index in [-0.39, 0.29) is 5.54 Å². The Balaban J connectivity index is 1.69. The second-order valence-corrected chi connectivity index (χ2v) is 6.73. The fourth-order valence-electron chi connectivity index (χ4n) is 4.25. The molecule has 0 bridgehead atoms. The van der Waals surface area contributed by atoms with Gasteiger partial charge >= 0.3 is 0 Å². The molecular formula is C18H28N2O. The first-order valence-corrected chi connectivity index (χ1v) is 8.35. The largest absolute Gasteiger partial charge is 0.379 e. The molecule has 1 unspecified atom stereocenters. The third-order valence-electron chi connectivity index (χ3n) is 5.54. The number of rotatable bonds is 3. The average Bonchev–Trinajstić information content (AvgIpc) is 2.56. The van der Waals surface area contributed by atoms with Crippen LogP contribution in [-0.2, 0) is 4.74 Å². The van der Waals surface area contributed by atoms with Crippen molar-refractivity contribution in [1.82, 2.24) is 4.90 Å². The topological polar surface area (TPSA) is 38.5 Å². The SMILES string of the molecule is CC1COCCN1C1(CN)CCC(c2ccccc2)CC1. The summed E-state index contributed by atoms with van der Waals surface area (Å²) in [6.07, 6.45) is 4.94. The van der Waals surface area contributed by atoms with Gasteiger partial charge in [-0.15, -0.1) is 0 Å². The monoisotopic (exact) mass is 288 g/mol. The van der Waals surface area contributed by atoms with Crippen LogP contribution in [0.1, 0.15) is 44.1 Å². The van der Waals surface area contributed by atoms with Gasteiger partial charge in [-0.2, -0.15) is 0 Å². The molecule has 2 N–H and O–H groups in total. The van der Waals surface area contributed by atoms with E-state index >= 15 is 0 Å². The van der Waals surface area contributed by atoms with Crippen molar-refractivity contribution in [2.45, 2.75) is 50.1 Å². The van der Waals surface area contributed by atoms with E-state index in [4.69, 9.17) is 10.5 Å². The molecule has 3 nitrogen and oxygen atoms in total. The lowest BCUT2D eigenvalue weighted by molar-refractivity contribution is -0.0699. The van der Waals surface area contributed by atoms with Crippen molar-refractivity contribution >= 4 is 0 Å². The lowest BCUT2D eigenvalue weighted by atomic mass is 9.72. The maximum absolute atomic E-state index is 6.23. The molecule has 0 amide bonds. The first-order valence-electron chi connectivity index (χ1n) is 8.35. The van der Waals surface area contributed by atoms with Crippen LogP contribution in [0.25, 0.3) is 0 Å². The molecular weight excluding hydrogens is 260 g/mol. The van der Waals surface area contributed by atoms with Crippen molar-refractivity contribution in [3.05, 3.63) is 35.9 Å². The highest BCUT2D eigenvalue weighted by Crippen LogP contribution is 2.41. The minimum atomic E-state index is 0.203. The quantitative estimate of drug-likeness (QED) is 0.929. The van der Waals surface area contributed by atoms with Crippen LogP contribution in [0.5, 0.6) is 0 Å². The van der Waals surface area contributed by atoms with Crippen molar-refractivity contribution in [2.24, 2.45) is 5.73 Å². The minimum Gasteiger partial charge on any atom is -0.379 e. The standard InChI is InChI=1S/C18H28N2O/c1-15-13-21-12-11-20(15)18(14-19)9-7-17(8-10-18)16-5-3-2-4-6-16/h2-6,15,17H,7-14,19H2,1H3. The van der Waals surface area contributed by atoms with Gasteiger partial charge in [0.25, 0.3) is 0 Å². The number of nitrogens with two attached hydrogens (primary N) is 1. The predicted octanol–water partition coefficient (Wildman–Crippen LogP) is 2.76. The third-order valence-corrected chi connectivity index (χ3v) is 5.54. The van der Waals surface area contributed by atoms with E-state index < -0.39 is 0 Å². The fourth-order valence-corrected chi connectivity index (χ4v) is 4.25. The molecule has 1 atom stereocenters. The highest BCUT2D eigenvalue weighted by atomic mass is 16.5. The molecule has 3 rings (SSSR count). The van der Waals surface area contributed by atoms with Crippen molar-refractivity contribution in [1.29, 1.82) is 0 Å². The van der Waals surface area contributed by atoms with Crippen molar-refractivity contribution < 1.29 is 4.74 Å². The van der Waals surface area contributed by atoms with Crippen LogP contribution < -0.4 is 5.73 Å². The fraction of sp³-hybridized carbons (Fsp3) is 0.667. The molecule has 0 aromatic heterocycles. The Labute approximate surface area is 128 Å². The van der Waals surface area contributed by atoms with Crippen LogP contribution in [0.4, 0.5) is 0 Å². The number of hydrogen-bond acceptors (Lipinski definition) is 3. The van der Waals surface area contributed by atoms with Gasteiger partial charge < -0.3 is 10.5 Å². The highest BCUT2D eigenvalue weighted by molar-refractivity contribution is 5.21. The smallest absolute Gasteiger partial charge is 0.0620 e. The molecule has 1 aromatic rings. The van der Waals surface area contributed by atoms with Gasteiger partial charge in [0.15, 0.2) is 0 Å². The third kappa shape index (κ3) is 3.01. The molecule has 0 spiro atoms. The van der Waals surface area contributed by atoms with Crippen LogP contribution >= 0.6 is 0 Å². The molecule has 1 aliphatic heterocycles. The van der Waals surface area contributed by atoms with E-state index in [1.54, 1.807) is 0 Å². The van der Waals surface area contributed by atoms with Crippen molar-refractivity contribution in [3.8, 4) is 0 Å². The summed E-state index contributed by atoms with van der Waals surface area (Å²) in [7, 11) is 0. The molecule has 0 radical (unpaired) electrons. The average molecular weight is 288 g/mol. The summed E-state index contributed by atoms with van der Waals surface area (Å²) in [6.45, 7) is 5.80. The number of ether oxygens (including phenoxy) is 1. The number of hydrogen-bond donors (Lipinski definition) is 1. The first kappa shape index (κ1) is 15.0. The van der Waals surface area contributed by atoms with Gasteiger partial charge in [-0.3, -0.25) is 4.90 Å². The lowest BCUT2D eigenvalue weighted by Gasteiger charge is -2.51. The Hall–Kier alpha value is -0.900. The van der Waals surface area contributed by atoms with Crippen molar-refractivity contribution in [3.63, 3.8) is 0 Å². The van der Waals surface area contributed by atoms with Crippen LogP contribution in [0.2, 0.25) is 0 Å². The molecule has 2 fully saturated rings. The van der Waals surface area contributed by atoms with Gasteiger partial charge in [-0.25, -0.2) is 0 Å². The molecule has 1 aromatic carbocycles. The minimum absolute atomic E-state index is 0.203. The van der Waals surface area contributed by atoms with Gasteiger partial charge in [0.2, 0.25) is 0 Å². The Morgan fingerprint density at radius 3 is 2.57 bits per heavy atom. The zero-order chi connectivity index (χ0) is 14.7. The number of benzene rings is 1. The zero-order valence-electron chi connectivity index (χ0n) is 13.1. The van der Waals surface area contributed by atoms with E-state index in [2.05, 4.69) is 42.2 Å². The summed E-state index contributed by atoms with van der Waals surface area (Å²) in [5, 5.41) is 0. The van der Waals surface area contributed by atoms with E-state index in [0.29, 0.717) is 12.0 Å². The highest BCUT2D eigenvalue weighted by Gasteiger charge is 2.42. The maximum Gasteiger partial charge on any atom is 0.0620 e. The summed E-state index contributed by atoms with van der Waals surface area (Å²) < 4.78 is 5.60. The first-order chi connectivity index (χ1) is 10.2. The van der Waals surface area contributed by atoms with E-state index in [1.807, 2.05) is 0 Å². The second-order valence-electron chi connectivity index (χ2n) is 6.73. The molecule has 1 saturated heterocycles.